The Morgan fingerprint density at radius 3 is 2.35 bits per heavy atom. The lowest BCUT2D eigenvalue weighted by Gasteiger charge is -2.03. The predicted molar refractivity (Wildman–Crippen MR) is 100 cm³/mol. The molecule has 23 heavy (non-hydrogen) atoms. The Kier molecular flexibility index (Phi) is 4.84. The average molecular weight is 406 g/mol. The third-order valence-electron chi connectivity index (χ3n) is 3.27. The zero-order valence-corrected chi connectivity index (χ0v) is 15.1. The summed E-state index contributed by atoms with van der Waals surface area (Å²) in [5, 5.41) is 8.76. The molecular formula is C17H12BrNO2S2. The van der Waals surface area contributed by atoms with Gasteiger partial charge in [-0.05, 0) is 17.7 Å². The summed E-state index contributed by atoms with van der Waals surface area (Å²) in [7, 11) is 0. The number of rotatable bonds is 4. The zero-order valence-electron chi connectivity index (χ0n) is 11.8. The van der Waals surface area contributed by atoms with Gasteiger partial charge in [-0.2, -0.15) is 12.6 Å². The minimum Gasteiger partial charge on any atom is -0.480 e. The molecule has 0 bridgehead atoms. The van der Waals surface area contributed by atoms with Crippen LogP contribution in [0.5, 0.6) is 0 Å². The number of halogens is 1. The molecule has 1 unspecified atom stereocenters. The van der Waals surface area contributed by atoms with Crippen LogP contribution in [0.1, 0.15) is 10.3 Å². The van der Waals surface area contributed by atoms with Crippen LogP contribution >= 0.6 is 39.9 Å². The summed E-state index contributed by atoms with van der Waals surface area (Å²) in [6.07, 6.45) is 0. The fraction of sp³-hybridized carbons (Fsp3) is 0.0588. The molecule has 0 amide bonds. The summed E-state index contributed by atoms with van der Waals surface area (Å²) in [5.41, 5.74) is 2.74. The molecule has 1 atom stereocenters. The van der Waals surface area contributed by atoms with Gasteiger partial charge in [0.2, 0.25) is 0 Å². The van der Waals surface area contributed by atoms with Crippen molar-refractivity contribution in [1.82, 2.24) is 4.98 Å². The number of hydrogen-bond acceptors (Lipinski definition) is 4. The highest BCUT2D eigenvalue weighted by atomic mass is 79.9. The van der Waals surface area contributed by atoms with Gasteiger partial charge in [0.1, 0.15) is 5.01 Å². The Balaban J connectivity index is 2.16. The van der Waals surface area contributed by atoms with E-state index in [1.807, 2.05) is 54.6 Å². The Bertz CT molecular complexity index is 832. The van der Waals surface area contributed by atoms with Crippen molar-refractivity contribution in [3.63, 3.8) is 0 Å². The summed E-state index contributed by atoms with van der Waals surface area (Å²) < 4.78 is 0.982. The summed E-state index contributed by atoms with van der Waals surface area (Å²) in [6, 6.07) is 17.7. The molecule has 0 spiro atoms. The van der Waals surface area contributed by atoms with Crippen molar-refractivity contribution in [3.8, 4) is 21.7 Å². The van der Waals surface area contributed by atoms with E-state index in [9.17, 15) is 9.90 Å². The number of nitrogens with zero attached hydrogens (tertiary/aromatic N) is 1. The van der Waals surface area contributed by atoms with Gasteiger partial charge in [-0.15, -0.1) is 11.3 Å². The lowest BCUT2D eigenvalue weighted by Crippen LogP contribution is -2.04. The van der Waals surface area contributed by atoms with Gasteiger partial charge >= 0.3 is 5.97 Å². The molecule has 3 aromatic rings. The van der Waals surface area contributed by atoms with Gasteiger partial charge < -0.3 is 5.11 Å². The molecule has 0 saturated heterocycles. The van der Waals surface area contributed by atoms with Crippen LogP contribution in [-0.4, -0.2) is 16.1 Å². The number of aromatic nitrogens is 1. The smallest absolute Gasteiger partial charge is 0.323 e. The molecule has 116 valence electrons. The molecule has 1 aromatic heterocycles. The minimum atomic E-state index is -0.996. The molecule has 3 rings (SSSR count). The summed E-state index contributed by atoms with van der Waals surface area (Å²) in [5.74, 6) is -0.996. The number of thiol groups is 1. The van der Waals surface area contributed by atoms with E-state index in [2.05, 4.69) is 33.5 Å². The lowest BCUT2D eigenvalue weighted by molar-refractivity contribution is -0.136. The summed E-state index contributed by atoms with van der Waals surface area (Å²) in [6.45, 7) is 0. The second-order valence-electron chi connectivity index (χ2n) is 4.84. The van der Waals surface area contributed by atoms with Crippen molar-refractivity contribution in [1.29, 1.82) is 0 Å². The monoisotopic (exact) mass is 405 g/mol. The molecule has 1 N–H and O–H groups in total. The fourth-order valence-corrected chi connectivity index (χ4v) is 3.70. The number of aliphatic carboxylic acids is 1. The number of carbonyl (C=O) groups is 1. The Hall–Kier alpha value is -1.63. The second kappa shape index (κ2) is 6.86. The third-order valence-corrected chi connectivity index (χ3v) is 5.60. The molecule has 0 aliphatic heterocycles. The highest BCUT2D eigenvalue weighted by Crippen LogP contribution is 2.40. The Morgan fingerprint density at radius 1 is 1.09 bits per heavy atom. The highest BCUT2D eigenvalue weighted by molar-refractivity contribution is 9.10. The highest BCUT2D eigenvalue weighted by Gasteiger charge is 2.23. The molecule has 0 aliphatic rings. The maximum atomic E-state index is 11.2. The normalized spacial score (nSPS) is 12.1. The first kappa shape index (κ1) is 16.2. The molecule has 0 aliphatic carbocycles. The second-order valence-corrected chi connectivity index (χ2v) is 7.31. The average Bonchev–Trinajstić information content (AvgIpc) is 3.00. The Labute approximate surface area is 151 Å². The van der Waals surface area contributed by atoms with Crippen molar-refractivity contribution in [2.75, 3.05) is 0 Å². The van der Waals surface area contributed by atoms with E-state index < -0.39 is 11.2 Å². The van der Waals surface area contributed by atoms with Crippen LogP contribution in [0, 0.1) is 0 Å². The summed E-state index contributed by atoms with van der Waals surface area (Å²) >= 11 is 8.95. The van der Waals surface area contributed by atoms with Gasteiger partial charge in [0.15, 0.2) is 5.25 Å². The van der Waals surface area contributed by atoms with Crippen LogP contribution in [0.2, 0.25) is 0 Å². The van der Waals surface area contributed by atoms with Crippen molar-refractivity contribution in [3.05, 3.63) is 64.1 Å². The van der Waals surface area contributed by atoms with Crippen LogP contribution in [0.15, 0.2) is 59.1 Å². The van der Waals surface area contributed by atoms with Gasteiger partial charge in [-0.1, -0.05) is 58.4 Å². The first-order valence-electron chi connectivity index (χ1n) is 6.79. The van der Waals surface area contributed by atoms with Crippen LogP contribution in [0.3, 0.4) is 0 Å². The van der Waals surface area contributed by atoms with Gasteiger partial charge in [0.05, 0.1) is 10.6 Å². The van der Waals surface area contributed by atoms with E-state index in [1.165, 1.54) is 11.3 Å². The molecule has 3 nitrogen and oxygen atoms in total. The van der Waals surface area contributed by atoms with Gasteiger partial charge in [0, 0.05) is 10.0 Å². The first-order valence-corrected chi connectivity index (χ1v) is 8.92. The van der Waals surface area contributed by atoms with Crippen molar-refractivity contribution in [2.45, 2.75) is 5.25 Å². The largest absolute Gasteiger partial charge is 0.480 e. The SMILES string of the molecule is O=C(O)C(S)c1nc(-c2ccc(Br)cc2)c(-c2ccccc2)s1. The van der Waals surface area contributed by atoms with Crippen molar-refractivity contribution < 1.29 is 9.90 Å². The van der Waals surface area contributed by atoms with Crippen LogP contribution in [0.4, 0.5) is 0 Å². The summed E-state index contributed by atoms with van der Waals surface area (Å²) in [4.78, 5) is 16.7. The molecule has 0 fully saturated rings. The van der Waals surface area contributed by atoms with Gasteiger partial charge in [-0.3, -0.25) is 4.79 Å². The van der Waals surface area contributed by atoms with Crippen molar-refractivity contribution >= 4 is 45.9 Å². The molecule has 6 heteroatoms. The van der Waals surface area contributed by atoms with E-state index in [0.717, 1.165) is 26.2 Å². The van der Waals surface area contributed by atoms with E-state index in [1.54, 1.807) is 0 Å². The van der Waals surface area contributed by atoms with Crippen molar-refractivity contribution in [2.24, 2.45) is 0 Å². The van der Waals surface area contributed by atoms with E-state index in [-0.39, 0.29) is 0 Å². The van der Waals surface area contributed by atoms with E-state index >= 15 is 0 Å². The number of benzene rings is 2. The molecule has 0 radical (unpaired) electrons. The number of carboxylic acid groups (broad SMARTS) is 1. The Morgan fingerprint density at radius 2 is 1.74 bits per heavy atom. The maximum Gasteiger partial charge on any atom is 0.323 e. The molecular weight excluding hydrogens is 394 g/mol. The van der Waals surface area contributed by atoms with Gasteiger partial charge in [-0.25, -0.2) is 4.98 Å². The topological polar surface area (TPSA) is 50.2 Å². The van der Waals surface area contributed by atoms with Gasteiger partial charge in [0.25, 0.3) is 0 Å². The zero-order chi connectivity index (χ0) is 16.4. The number of carboxylic acids is 1. The molecule has 1 heterocycles. The van der Waals surface area contributed by atoms with Crippen LogP contribution in [-0.2, 0) is 4.79 Å². The standard InChI is InChI=1S/C17H12BrNO2S2/c18-12-8-6-10(7-9-12)13-15(11-4-2-1-3-5-11)23-16(19-13)14(22)17(20)21/h1-9,14,22H,(H,20,21). The van der Waals surface area contributed by atoms with Crippen LogP contribution in [0.25, 0.3) is 21.7 Å². The van der Waals surface area contributed by atoms with E-state index in [0.29, 0.717) is 5.01 Å². The minimum absolute atomic E-state index is 0.484. The first-order chi connectivity index (χ1) is 11.1. The number of thiazole rings is 1. The molecule has 0 saturated carbocycles. The molecule has 2 aromatic carbocycles. The predicted octanol–water partition coefficient (Wildman–Crippen LogP) is 5.30. The van der Waals surface area contributed by atoms with Crippen LogP contribution < -0.4 is 0 Å². The fourth-order valence-electron chi connectivity index (χ4n) is 2.15. The third kappa shape index (κ3) is 3.49. The quantitative estimate of drug-likeness (QED) is 0.579. The van der Waals surface area contributed by atoms with E-state index in [4.69, 9.17) is 0 Å². The lowest BCUT2D eigenvalue weighted by atomic mass is 10.1. The maximum absolute atomic E-state index is 11.2. The number of hydrogen-bond donors (Lipinski definition) is 2.